The number of methoxy groups -OCH3 is 1. The Labute approximate surface area is 138 Å². The summed E-state index contributed by atoms with van der Waals surface area (Å²) in [4.78, 5) is 35.2. The zero-order valence-electron chi connectivity index (χ0n) is 13.7. The van der Waals surface area contributed by atoms with Crippen LogP contribution in [-0.4, -0.2) is 30.1 Å². The van der Waals surface area contributed by atoms with Crippen LogP contribution in [0, 0.1) is 6.92 Å². The van der Waals surface area contributed by atoms with E-state index in [0.717, 1.165) is 0 Å². The van der Waals surface area contributed by atoms with E-state index in [9.17, 15) is 14.4 Å². The maximum Gasteiger partial charge on any atom is 0.340 e. The third kappa shape index (κ3) is 3.56. The highest BCUT2D eigenvalue weighted by molar-refractivity contribution is 5.87. The first-order chi connectivity index (χ1) is 11.4. The summed E-state index contributed by atoms with van der Waals surface area (Å²) >= 11 is 0. The molecular formula is C17H19NO6. The smallest absolute Gasteiger partial charge is 0.340 e. The number of hydrogen-bond donors (Lipinski definition) is 2. The molecule has 0 fully saturated rings. The van der Waals surface area contributed by atoms with E-state index in [0.29, 0.717) is 22.3 Å². The van der Waals surface area contributed by atoms with Crippen LogP contribution in [0.5, 0.6) is 5.75 Å². The first kappa shape index (κ1) is 17.5. The number of nitrogens with one attached hydrogen (secondary N) is 1. The molecule has 0 aliphatic rings. The van der Waals surface area contributed by atoms with Gasteiger partial charge in [-0.2, -0.15) is 0 Å². The van der Waals surface area contributed by atoms with Gasteiger partial charge in [0.05, 0.1) is 19.1 Å². The number of amides is 1. The fourth-order valence-corrected chi connectivity index (χ4v) is 2.45. The topological polar surface area (TPSA) is 106 Å². The lowest BCUT2D eigenvalue weighted by atomic mass is 10.0. The molecule has 0 aliphatic heterocycles. The van der Waals surface area contributed by atoms with E-state index in [2.05, 4.69) is 5.32 Å². The summed E-state index contributed by atoms with van der Waals surface area (Å²) in [5, 5.41) is 12.1. The maximum absolute atomic E-state index is 12.2. The standard InChI is InChI=1S/C17H19NO6/c1-4-13(16(20)21)18-15(19)8-12-9(2)11-6-5-10(23-3)7-14(11)24-17(12)22/h5-7,13H,4,8H2,1-3H3,(H,18,19)(H,20,21)/t13-/m1/s1. The normalized spacial score (nSPS) is 12.0. The number of rotatable bonds is 6. The number of benzene rings is 1. The minimum absolute atomic E-state index is 0.213. The first-order valence-corrected chi connectivity index (χ1v) is 7.49. The monoisotopic (exact) mass is 333 g/mol. The first-order valence-electron chi connectivity index (χ1n) is 7.49. The third-order valence-electron chi connectivity index (χ3n) is 3.87. The SMILES string of the molecule is CC[C@@H](NC(=O)Cc1c(C)c2ccc(OC)cc2oc1=O)C(=O)O. The Morgan fingerprint density at radius 2 is 2.08 bits per heavy atom. The molecule has 7 nitrogen and oxygen atoms in total. The van der Waals surface area contributed by atoms with Crippen molar-refractivity contribution < 1.29 is 23.8 Å². The van der Waals surface area contributed by atoms with Crippen LogP contribution in [0.15, 0.2) is 27.4 Å². The summed E-state index contributed by atoms with van der Waals surface area (Å²) in [6.45, 7) is 3.38. The van der Waals surface area contributed by atoms with Gasteiger partial charge in [0.2, 0.25) is 5.91 Å². The number of aryl methyl sites for hydroxylation is 1. The molecule has 24 heavy (non-hydrogen) atoms. The summed E-state index contributed by atoms with van der Waals surface area (Å²) in [6, 6.07) is 4.11. The van der Waals surface area contributed by atoms with Crippen molar-refractivity contribution in [3.05, 3.63) is 39.7 Å². The predicted molar refractivity (Wildman–Crippen MR) is 87.3 cm³/mol. The van der Waals surface area contributed by atoms with Gasteiger partial charge in [-0.1, -0.05) is 6.92 Å². The molecule has 2 rings (SSSR count). The molecule has 0 spiro atoms. The highest BCUT2D eigenvalue weighted by Crippen LogP contribution is 2.24. The molecule has 2 N–H and O–H groups in total. The van der Waals surface area contributed by atoms with Crippen LogP contribution in [0.2, 0.25) is 0 Å². The summed E-state index contributed by atoms with van der Waals surface area (Å²) in [7, 11) is 1.51. The Balaban J connectivity index is 2.34. The van der Waals surface area contributed by atoms with Crippen LogP contribution in [0.25, 0.3) is 11.0 Å². The second kappa shape index (κ2) is 7.16. The second-order valence-corrected chi connectivity index (χ2v) is 5.40. The Kier molecular flexibility index (Phi) is 5.23. The van der Waals surface area contributed by atoms with Crippen molar-refractivity contribution in [2.45, 2.75) is 32.7 Å². The summed E-state index contributed by atoms with van der Waals surface area (Å²) < 4.78 is 10.4. The number of carbonyl (C=O) groups is 2. The van der Waals surface area contributed by atoms with Gasteiger partial charge in [0, 0.05) is 11.5 Å². The number of carboxylic acids is 1. The average molecular weight is 333 g/mol. The molecule has 0 aliphatic carbocycles. The van der Waals surface area contributed by atoms with E-state index >= 15 is 0 Å². The Bertz CT molecular complexity index is 839. The second-order valence-electron chi connectivity index (χ2n) is 5.40. The minimum atomic E-state index is -1.11. The molecule has 128 valence electrons. The highest BCUT2D eigenvalue weighted by atomic mass is 16.5. The van der Waals surface area contributed by atoms with E-state index in [1.807, 2.05) is 0 Å². The summed E-state index contributed by atoms with van der Waals surface area (Å²) in [5.74, 6) is -1.09. The number of fused-ring (bicyclic) bond motifs is 1. The van der Waals surface area contributed by atoms with Gasteiger partial charge < -0.3 is 19.6 Å². The quantitative estimate of drug-likeness (QED) is 0.778. The van der Waals surface area contributed by atoms with Gasteiger partial charge >= 0.3 is 11.6 Å². The predicted octanol–water partition coefficient (Wildman–Crippen LogP) is 1.63. The van der Waals surface area contributed by atoms with E-state index in [1.54, 1.807) is 32.0 Å². The lowest BCUT2D eigenvalue weighted by Gasteiger charge is -2.13. The van der Waals surface area contributed by atoms with Crippen molar-refractivity contribution in [1.29, 1.82) is 0 Å². The van der Waals surface area contributed by atoms with E-state index < -0.39 is 23.5 Å². The van der Waals surface area contributed by atoms with E-state index in [-0.39, 0.29) is 18.4 Å². The minimum Gasteiger partial charge on any atom is -0.497 e. The van der Waals surface area contributed by atoms with Crippen LogP contribution in [-0.2, 0) is 16.0 Å². The van der Waals surface area contributed by atoms with Gasteiger partial charge in [-0.15, -0.1) is 0 Å². The maximum atomic E-state index is 12.2. The summed E-state index contributed by atoms with van der Waals surface area (Å²) in [5.41, 5.74) is 0.595. The third-order valence-corrected chi connectivity index (χ3v) is 3.87. The fraction of sp³-hybridized carbons (Fsp3) is 0.353. The van der Waals surface area contributed by atoms with E-state index in [1.165, 1.54) is 7.11 Å². The number of aliphatic carboxylic acids is 1. The highest BCUT2D eigenvalue weighted by Gasteiger charge is 2.20. The van der Waals surface area contributed by atoms with Gasteiger partial charge in [-0.25, -0.2) is 9.59 Å². The van der Waals surface area contributed by atoms with Crippen LogP contribution < -0.4 is 15.7 Å². The van der Waals surface area contributed by atoms with Crippen molar-refractivity contribution in [3.8, 4) is 5.75 Å². The molecule has 0 radical (unpaired) electrons. The molecule has 2 aromatic rings. The number of carboxylic acid groups (broad SMARTS) is 1. The molecule has 0 saturated heterocycles. The number of carbonyl (C=O) groups excluding carboxylic acids is 1. The molecular weight excluding hydrogens is 314 g/mol. The van der Waals surface area contributed by atoms with Gasteiger partial charge in [0.15, 0.2) is 0 Å². The van der Waals surface area contributed by atoms with Crippen LogP contribution in [0.1, 0.15) is 24.5 Å². The van der Waals surface area contributed by atoms with Crippen LogP contribution in [0.4, 0.5) is 0 Å². The van der Waals surface area contributed by atoms with Gasteiger partial charge in [0.1, 0.15) is 17.4 Å². The number of hydrogen-bond acceptors (Lipinski definition) is 5. The van der Waals surface area contributed by atoms with Crippen molar-refractivity contribution in [2.75, 3.05) is 7.11 Å². The molecule has 0 unspecified atom stereocenters. The summed E-state index contributed by atoms with van der Waals surface area (Å²) in [6.07, 6.45) is 0.0199. The van der Waals surface area contributed by atoms with Gasteiger partial charge in [-0.05, 0) is 31.0 Å². The Hall–Kier alpha value is -2.83. The van der Waals surface area contributed by atoms with Crippen molar-refractivity contribution >= 4 is 22.8 Å². The largest absolute Gasteiger partial charge is 0.497 e. The lowest BCUT2D eigenvalue weighted by Crippen LogP contribution is -2.41. The number of ether oxygens (including phenoxy) is 1. The Morgan fingerprint density at radius 3 is 2.67 bits per heavy atom. The average Bonchev–Trinajstić information content (AvgIpc) is 2.55. The van der Waals surface area contributed by atoms with Crippen molar-refractivity contribution in [3.63, 3.8) is 0 Å². The zero-order valence-corrected chi connectivity index (χ0v) is 13.7. The molecule has 1 aromatic heterocycles. The molecule has 0 bridgehead atoms. The Morgan fingerprint density at radius 1 is 1.38 bits per heavy atom. The van der Waals surface area contributed by atoms with Gasteiger partial charge in [-0.3, -0.25) is 4.79 Å². The molecule has 7 heteroatoms. The van der Waals surface area contributed by atoms with Crippen LogP contribution in [0.3, 0.4) is 0 Å². The van der Waals surface area contributed by atoms with Crippen LogP contribution >= 0.6 is 0 Å². The van der Waals surface area contributed by atoms with Gasteiger partial charge in [0.25, 0.3) is 0 Å². The lowest BCUT2D eigenvalue weighted by molar-refractivity contribution is -0.141. The van der Waals surface area contributed by atoms with Crippen molar-refractivity contribution in [1.82, 2.24) is 5.32 Å². The molecule has 1 atom stereocenters. The fourth-order valence-electron chi connectivity index (χ4n) is 2.45. The zero-order chi connectivity index (χ0) is 17.9. The van der Waals surface area contributed by atoms with Crippen molar-refractivity contribution in [2.24, 2.45) is 0 Å². The molecule has 0 saturated carbocycles. The molecule has 1 aromatic carbocycles. The molecule has 1 heterocycles. The molecule has 1 amide bonds. The van der Waals surface area contributed by atoms with E-state index in [4.69, 9.17) is 14.3 Å².